The van der Waals surface area contributed by atoms with Gasteiger partial charge in [-0.1, -0.05) is 0 Å². The maximum absolute atomic E-state index is 9.68. The third kappa shape index (κ3) is 1.91. The Balaban J connectivity index is 3.91. The number of aliphatic carboxylic acids is 1. The van der Waals surface area contributed by atoms with Crippen molar-refractivity contribution in [2.75, 3.05) is 0 Å². The number of hydrogen-bond donors (Lipinski definition) is 4. The van der Waals surface area contributed by atoms with Crippen LogP contribution in [0.5, 0.6) is 0 Å². The molecule has 6 heteroatoms. The minimum absolute atomic E-state index is 0.141. The molecule has 0 aliphatic heterocycles. The zero-order valence-corrected chi connectivity index (χ0v) is 5.32. The van der Waals surface area contributed by atoms with Crippen molar-refractivity contribution >= 4 is 28.4 Å². The fraction of sp³-hybridized carbons (Fsp3) is 0.500. The molecule has 8 heavy (non-hydrogen) atoms. The smallest absolute Gasteiger partial charge is 0.376 e. The molecule has 4 nitrogen and oxygen atoms in total. The molecule has 48 valence electrons. The number of hydrogen-bond acceptors (Lipinski definition) is 5. The molecule has 0 heterocycles. The predicted octanol–water partition coefficient (Wildman–Crippen LogP) is -0.713. The molecular weight excluding hydrogens is 152 g/mol. The second kappa shape index (κ2) is 2.58. The van der Waals surface area contributed by atoms with Gasteiger partial charge in [0, 0.05) is 0 Å². The van der Waals surface area contributed by atoms with Gasteiger partial charge in [0.1, 0.15) is 0 Å². The third-order valence-electron chi connectivity index (χ3n) is 0.406. The third-order valence-corrected chi connectivity index (χ3v) is 1.60. The molecule has 0 radical (unpaired) electrons. The van der Waals surface area contributed by atoms with Crippen LogP contribution in [0.15, 0.2) is 0 Å². The highest BCUT2D eigenvalue weighted by Crippen LogP contribution is 2.21. The molecule has 0 saturated heterocycles. The van der Waals surface area contributed by atoms with Crippen molar-refractivity contribution in [2.45, 2.75) is 5.12 Å². The highest BCUT2D eigenvalue weighted by molar-refractivity contribution is 8.69. The zero-order valence-electron chi connectivity index (χ0n) is 3.61. The summed E-state index contributed by atoms with van der Waals surface area (Å²) < 4.78 is 0. The average molecular weight is 156 g/mol. The first-order chi connectivity index (χ1) is 3.50. The van der Waals surface area contributed by atoms with E-state index in [1.165, 1.54) is 0 Å². The average Bonchev–Trinajstić information content (AvgIpc) is 1.67. The highest BCUT2D eigenvalue weighted by atomic mass is 33.1. The Morgan fingerprint density at radius 2 is 2.00 bits per heavy atom. The van der Waals surface area contributed by atoms with Gasteiger partial charge in [-0.15, -0.1) is 11.7 Å². The van der Waals surface area contributed by atoms with Crippen LogP contribution >= 0.6 is 22.5 Å². The first kappa shape index (κ1) is 8.09. The van der Waals surface area contributed by atoms with E-state index in [4.69, 9.17) is 15.3 Å². The van der Waals surface area contributed by atoms with E-state index < -0.39 is 11.1 Å². The minimum Gasteiger partial charge on any atom is -0.477 e. The van der Waals surface area contributed by atoms with Crippen molar-refractivity contribution in [1.29, 1.82) is 0 Å². The van der Waals surface area contributed by atoms with Gasteiger partial charge in [0.15, 0.2) is 0 Å². The van der Waals surface area contributed by atoms with Gasteiger partial charge in [0.2, 0.25) is 0 Å². The summed E-state index contributed by atoms with van der Waals surface area (Å²) in [4.78, 5) is 9.68. The number of carboxylic acids is 1. The van der Waals surface area contributed by atoms with E-state index >= 15 is 0 Å². The summed E-state index contributed by atoms with van der Waals surface area (Å²) in [5.74, 6) is -1.72. The standard InChI is InChI=1S/C2H4O4S2/c3-1(4)2(5,6)8-7/h5-7H,(H,3,4). The predicted molar refractivity (Wildman–Crippen MR) is 31.4 cm³/mol. The van der Waals surface area contributed by atoms with Crippen LogP contribution in [0.3, 0.4) is 0 Å². The summed E-state index contributed by atoms with van der Waals surface area (Å²) in [5, 5.41) is 21.6. The Hall–Kier alpha value is 0.0900. The Morgan fingerprint density at radius 1 is 1.62 bits per heavy atom. The van der Waals surface area contributed by atoms with E-state index in [-0.39, 0.29) is 10.8 Å². The largest absolute Gasteiger partial charge is 0.477 e. The summed E-state index contributed by atoms with van der Waals surface area (Å²) in [5.41, 5.74) is 0. The van der Waals surface area contributed by atoms with E-state index in [0.717, 1.165) is 0 Å². The Kier molecular flexibility index (Phi) is 2.61. The number of thiol groups is 1. The Labute approximate surface area is 54.3 Å². The quantitative estimate of drug-likeness (QED) is 0.241. The van der Waals surface area contributed by atoms with Crippen LogP contribution in [0, 0.1) is 0 Å². The molecule has 0 aromatic rings. The molecule has 0 aliphatic carbocycles. The summed E-state index contributed by atoms with van der Waals surface area (Å²) in [6.45, 7) is 0. The van der Waals surface area contributed by atoms with Crippen LogP contribution in [-0.4, -0.2) is 26.4 Å². The second-order valence-corrected chi connectivity index (χ2v) is 2.30. The highest BCUT2D eigenvalue weighted by Gasteiger charge is 2.32. The molecule has 3 N–H and O–H groups in total. The van der Waals surface area contributed by atoms with Crippen molar-refractivity contribution in [1.82, 2.24) is 0 Å². The summed E-state index contributed by atoms with van der Waals surface area (Å²) in [6, 6.07) is 0. The molecule has 0 atom stereocenters. The van der Waals surface area contributed by atoms with Gasteiger partial charge in [-0.05, 0) is 10.8 Å². The lowest BCUT2D eigenvalue weighted by Crippen LogP contribution is -2.32. The Bertz CT molecular complexity index is 100. The molecular formula is C2H4O4S2. The van der Waals surface area contributed by atoms with Crippen LogP contribution < -0.4 is 0 Å². The van der Waals surface area contributed by atoms with Gasteiger partial charge in [-0.25, -0.2) is 4.79 Å². The fourth-order valence-electron chi connectivity index (χ4n) is 0.0390. The van der Waals surface area contributed by atoms with Crippen LogP contribution in [0.25, 0.3) is 0 Å². The topological polar surface area (TPSA) is 77.8 Å². The molecule has 0 rings (SSSR count). The van der Waals surface area contributed by atoms with Crippen LogP contribution in [-0.2, 0) is 4.79 Å². The molecule has 0 saturated carbocycles. The molecule has 0 unspecified atom stereocenters. The SMILES string of the molecule is O=C(O)C(O)(O)SS. The molecule has 0 aromatic carbocycles. The van der Waals surface area contributed by atoms with Crippen molar-refractivity contribution in [3.8, 4) is 0 Å². The molecule has 0 spiro atoms. The molecule has 0 aliphatic rings. The molecule has 0 bridgehead atoms. The van der Waals surface area contributed by atoms with Crippen molar-refractivity contribution in [2.24, 2.45) is 0 Å². The van der Waals surface area contributed by atoms with E-state index in [2.05, 4.69) is 11.7 Å². The summed E-state index contributed by atoms with van der Waals surface area (Å²) in [6.07, 6.45) is 0. The zero-order chi connectivity index (χ0) is 6.78. The van der Waals surface area contributed by atoms with Gasteiger partial charge in [0.05, 0.1) is 0 Å². The van der Waals surface area contributed by atoms with Crippen molar-refractivity contribution in [3.63, 3.8) is 0 Å². The number of carboxylic acid groups (broad SMARTS) is 1. The monoisotopic (exact) mass is 156 g/mol. The van der Waals surface area contributed by atoms with Crippen LogP contribution in [0.1, 0.15) is 0 Å². The minimum atomic E-state index is -2.76. The van der Waals surface area contributed by atoms with Gasteiger partial charge in [-0.3, -0.25) is 0 Å². The lowest BCUT2D eigenvalue weighted by molar-refractivity contribution is -0.174. The summed E-state index contributed by atoms with van der Waals surface area (Å²) in [7, 11) is 0.141. The van der Waals surface area contributed by atoms with Crippen LogP contribution in [0.2, 0.25) is 0 Å². The van der Waals surface area contributed by atoms with Crippen molar-refractivity contribution in [3.05, 3.63) is 0 Å². The molecule has 0 fully saturated rings. The maximum atomic E-state index is 9.68. The van der Waals surface area contributed by atoms with Gasteiger partial charge < -0.3 is 15.3 Å². The first-order valence-corrected chi connectivity index (χ1v) is 3.38. The fourth-order valence-corrected chi connectivity index (χ4v) is 0.351. The first-order valence-electron chi connectivity index (χ1n) is 1.51. The van der Waals surface area contributed by atoms with E-state index in [1.54, 1.807) is 0 Å². The van der Waals surface area contributed by atoms with Crippen molar-refractivity contribution < 1.29 is 20.1 Å². The van der Waals surface area contributed by atoms with Gasteiger partial charge >= 0.3 is 11.1 Å². The number of carbonyl (C=O) groups is 1. The van der Waals surface area contributed by atoms with Crippen LogP contribution in [0.4, 0.5) is 0 Å². The van der Waals surface area contributed by atoms with E-state index in [0.29, 0.717) is 0 Å². The lowest BCUT2D eigenvalue weighted by atomic mass is 10.7. The van der Waals surface area contributed by atoms with E-state index in [1.807, 2.05) is 0 Å². The molecule has 0 aromatic heterocycles. The number of rotatable bonds is 2. The normalized spacial score (nSPS) is 11.4. The number of aliphatic hydroxyl groups is 2. The molecule has 0 amide bonds. The van der Waals surface area contributed by atoms with E-state index in [9.17, 15) is 4.79 Å². The second-order valence-electron chi connectivity index (χ2n) is 1.00. The lowest BCUT2D eigenvalue weighted by Gasteiger charge is -2.09. The van der Waals surface area contributed by atoms with Gasteiger partial charge in [0.25, 0.3) is 0 Å². The Morgan fingerprint density at radius 3 is 2.00 bits per heavy atom. The van der Waals surface area contributed by atoms with Gasteiger partial charge in [-0.2, -0.15) is 0 Å². The maximum Gasteiger partial charge on any atom is 0.376 e. The summed E-state index contributed by atoms with van der Waals surface area (Å²) >= 11 is 3.28.